The Bertz CT molecular complexity index is 519. The number of aliphatic hydroxyl groups is 1. The third-order valence-corrected chi connectivity index (χ3v) is 2.28. The van der Waals surface area contributed by atoms with E-state index in [0.717, 1.165) is 0 Å². The van der Waals surface area contributed by atoms with E-state index in [2.05, 4.69) is 4.98 Å². The summed E-state index contributed by atoms with van der Waals surface area (Å²) < 4.78 is 1.56. The molecule has 82 valence electrons. The van der Waals surface area contributed by atoms with Crippen LogP contribution < -0.4 is 5.73 Å². The van der Waals surface area contributed by atoms with Crippen LogP contribution in [0.1, 0.15) is 16.2 Å². The van der Waals surface area contributed by atoms with Crippen molar-refractivity contribution in [2.24, 2.45) is 5.73 Å². The first-order valence-corrected chi connectivity index (χ1v) is 4.76. The van der Waals surface area contributed by atoms with Gasteiger partial charge >= 0.3 is 0 Å². The first kappa shape index (κ1) is 10.4. The summed E-state index contributed by atoms with van der Waals surface area (Å²) in [6.45, 7) is -0.105. The number of nitrogens with zero attached hydrogens (tertiary/aromatic N) is 2. The van der Waals surface area contributed by atoms with Gasteiger partial charge in [-0.1, -0.05) is 18.2 Å². The van der Waals surface area contributed by atoms with Gasteiger partial charge in [-0.05, 0) is 6.07 Å². The molecule has 1 aromatic heterocycles. The van der Waals surface area contributed by atoms with Gasteiger partial charge < -0.3 is 10.8 Å². The predicted molar refractivity (Wildman–Crippen MR) is 58.0 cm³/mol. The van der Waals surface area contributed by atoms with Crippen LogP contribution in [-0.4, -0.2) is 20.6 Å². The van der Waals surface area contributed by atoms with E-state index in [0.29, 0.717) is 11.3 Å². The maximum absolute atomic E-state index is 11.1. The second-order valence-electron chi connectivity index (χ2n) is 3.27. The molecule has 0 aliphatic rings. The molecule has 16 heavy (non-hydrogen) atoms. The van der Waals surface area contributed by atoms with Crippen LogP contribution in [0.25, 0.3) is 5.69 Å². The van der Waals surface area contributed by atoms with Crippen LogP contribution in [0.3, 0.4) is 0 Å². The number of primary amides is 1. The van der Waals surface area contributed by atoms with E-state index >= 15 is 0 Å². The number of amides is 1. The lowest BCUT2D eigenvalue weighted by Gasteiger charge is -2.09. The number of nitrogens with two attached hydrogens (primary N) is 1. The normalized spacial score (nSPS) is 10.3. The Kier molecular flexibility index (Phi) is 2.70. The fraction of sp³-hybridized carbons (Fsp3) is 0.0909. The van der Waals surface area contributed by atoms with Gasteiger partial charge in [0.25, 0.3) is 5.91 Å². The third kappa shape index (κ3) is 1.68. The van der Waals surface area contributed by atoms with Crippen molar-refractivity contribution < 1.29 is 9.90 Å². The molecule has 0 aliphatic carbocycles. The maximum Gasteiger partial charge on any atom is 0.285 e. The maximum atomic E-state index is 11.1. The van der Waals surface area contributed by atoms with Crippen LogP contribution >= 0.6 is 0 Å². The van der Waals surface area contributed by atoms with Gasteiger partial charge in [0.2, 0.25) is 5.82 Å². The molecule has 0 atom stereocenters. The molecule has 0 fully saturated rings. The van der Waals surface area contributed by atoms with Gasteiger partial charge in [0.15, 0.2) is 0 Å². The monoisotopic (exact) mass is 217 g/mol. The van der Waals surface area contributed by atoms with Crippen molar-refractivity contribution in [3.63, 3.8) is 0 Å². The molecule has 0 aliphatic heterocycles. The zero-order valence-electron chi connectivity index (χ0n) is 8.50. The minimum atomic E-state index is -0.599. The fourth-order valence-corrected chi connectivity index (χ4v) is 1.56. The molecular formula is C11H11N3O2. The van der Waals surface area contributed by atoms with E-state index in [-0.39, 0.29) is 12.4 Å². The Hall–Kier alpha value is -2.14. The predicted octanol–water partition coefficient (Wildman–Crippen LogP) is 0.463. The first-order valence-electron chi connectivity index (χ1n) is 4.76. The van der Waals surface area contributed by atoms with Gasteiger partial charge in [-0.3, -0.25) is 9.36 Å². The molecule has 0 unspecified atom stereocenters. The van der Waals surface area contributed by atoms with Crippen molar-refractivity contribution in [3.05, 3.63) is 48.0 Å². The van der Waals surface area contributed by atoms with Crippen molar-refractivity contribution >= 4 is 5.91 Å². The number of aromatic nitrogens is 2. The van der Waals surface area contributed by atoms with Crippen LogP contribution in [0.15, 0.2) is 36.7 Å². The molecule has 1 heterocycles. The highest BCUT2D eigenvalue weighted by atomic mass is 16.3. The number of hydrogen-bond donors (Lipinski definition) is 2. The highest BCUT2D eigenvalue weighted by Crippen LogP contribution is 2.15. The molecule has 3 N–H and O–H groups in total. The number of carbonyl (C=O) groups excluding carboxylic acids is 1. The quantitative estimate of drug-likeness (QED) is 0.783. The molecule has 2 rings (SSSR count). The zero-order valence-corrected chi connectivity index (χ0v) is 8.50. The molecule has 0 spiro atoms. The lowest BCUT2D eigenvalue weighted by atomic mass is 10.2. The number of para-hydroxylation sites is 1. The standard InChI is InChI=1S/C11H11N3O2/c12-10(16)11-13-5-6-14(11)9-4-2-1-3-8(9)7-15/h1-6,15H,7H2,(H2,12,16). The summed E-state index contributed by atoms with van der Waals surface area (Å²) in [5.74, 6) is -0.446. The Morgan fingerprint density at radius 3 is 2.88 bits per heavy atom. The summed E-state index contributed by atoms with van der Waals surface area (Å²) in [4.78, 5) is 15.0. The SMILES string of the molecule is NC(=O)c1nccn1-c1ccccc1CO. The highest BCUT2D eigenvalue weighted by Gasteiger charge is 2.12. The molecule has 0 radical (unpaired) electrons. The fourth-order valence-electron chi connectivity index (χ4n) is 1.56. The molecular weight excluding hydrogens is 206 g/mol. The zero-order chi connectivity index (χ0) is 11.5. The van der Waals surface area contributed by atoms with Gasteiger partial charge in [-0.2, -0.15) is 0 Å². The highest BCUT2D eigenvalue weighted by molar-refractivity contribution is 5.89. The van der Waals surface area contributed by atoms with Gasteiger partial charge in [0.05, 0.1) is 12.3 Å². The summed E-state index contributed by atoms with van der Waals surface area (Å²) in [6.07, 6.45) is 3.13. The average Bonchev–Trinajstić information content (AvgIpc) is 2.77. The van der Waals surface area contributed by atoms with E-state index in [1.54, 1.807) is 22.9 Å². The molecule has 0 bridgehead atoms. The number of hydrogen-bond acceptors (Lipinski definition) is 3. The molecule has 5 heteroatoms. The van der Waals surface area contributed by atoms with Crippen LogP contribution in [0.2, 0.25) is 0 Å². The minimum Gasteiger partial charge on any atom is -0.392 e. The van der Waals surface area contributed by atoms with Crippen molar-refractivity contribution in [3.8, 4) is 5.69 Å². The topological polar surface area (TPSA) is 81.1 Å². The number of carbonyl (C=O) groups is 1. The van der Waals surface area contributed by atoms with E-state index in [9.17, 15) is 9.90 Å². The van der Waals surface area contributed by atoms with Crippen LogP contribution in [0.5, 0.6) is 0 Å². The first-order chi connectivity index (χ1) is 7.74. The lowest BCUT2D eigenvalue weighted by molar-refractivity contribution is 0.0989. The van der Waals surface area contributed by atoms with Crippen LogP contribution in [0.4, 0.5) is 0 Å². The van der Waals surface area contributed by atoms with Crippen molar-refractivity contribution in [2.75, 3.05) is 0 Å². The molecule has 0 saturated heterocycles. The third-order valence-electron chi connectivity index (χ3n) is 2.28. The van der Waals surface area contributed by atoms with Gasteiger partial charge in [-0.15, -0.1) is 0 Å². The van der Waals surface area contributed by atoms with Crippen molar-refractivity contribution in [2.45, 2.75) is 6.61 Å². The molecule has 1 amide bonds. The molecule has 5 nitrogen and oxygen atoms in total. The Morgan fingerprint density at radius 1 is 1.44 bits per heavy atom. The summed E-state index contributed by atoms with van der Waals surface area (Å²) in [7, 11) is 0. The summed E-state index contributed by atoms with van der Waals surface area (Å²) in [5.41, 5.74) is 6.62. The number of benzene rings is 1. The Balaban J connectivity index is 2.58. The van der Waals surface area contributed by atoms with E-state index in [1.165, 1.54) is 6.20 Å². The van der Waals surface area contributed by atoms with E-state index in [1.807, 2.05) is 12.1 Å². The van der Waals surface area contributed by atoms with E-state index < -0.39 is 5.91 Å². The van der Waals surface area contributed by atoms with Gasteiger partial charge in [0, 0.05) is 18.0 Å². The summed E-state index contributed by atoms with van der Waals surface area (Å²) >= 11 is 0. The number of rotatable bonds is 3. The molecule has 1 aromatic carbocycles. The average molecular weight is 217 g/mol. The molecule has 2 aromatic rings. The van der Waals surface area contributed by atoms with Crippen molar-refractivity contribution in [1.82, 2.24) is 9.55 Å². The second kappa shape index (κ2) is 4.16. The smallest absolute Gasteiger partial charge is 0.285 e. The second-order valence-corrected chi connectivity index (χ2v) is 3.27. The Labute approximate surface area is 92.2 Å². The Morgan fingerprint density at radius 2 is 2.19 bits per heavy atom. The largest absolute Gasteiger partial charge is 0.392 e. The van der Waals surface area contributed by atoms with E-state index in [4.69, 9.17) is 5.73 Å². The van der Waals surface area contributed by atoms with Crippen LogP contribution in [-0.2, 0) is 6.61 Å². The van der Waals surface area contributed by atoms with Crippen LogP contribution in [0, 0.1) is 0 Å². The van der Waals surface area contributed by atoms with Crippen molar-refractivity contribution in [1.29, 1.82) is 0 Å². The summed E-state index contributed by atoms with van der Waals surface area (Å²) in [5, 5.41) is 9.20. The lowest BCUT2D eigenvalue weighted by Crippen LogP contribution is -2.17. The summed E-state index contributed by atoms with van der Waals surface area (Å²) in [6, 6.07) is 7.20. The molecule has 0 saturated carbocycles. The number of aliphatic hydroxyl groups excluding tert-OH is 1. The minimum absolute atomic E-state index is 0.105. The van der Waals surface area contributed by atoms with Gasteiger partial charge in [-0.25, -0.2) is 4.98 Å². The number of imidazole rings is 1. The van der Waals surface area contributed by atoms with Gasteiger partial charge in [0.1, 0.15) is 0 Å².